The zero-order valence-electron chi connectivity index (χ0n) is 19.7. The Balaban J connectivity index is 1.42. The maximum Gasteiger partial charge on any atom is 0.491 e. The van der Waals surface area contributed by atoms with Gasteiger partial charge < -0.3 is 40.4 Å². The number of nitrogens with one attached hydrogen (secondary N) is 3. The molecule has 0 fully saturated rings. The molecule has 0 spiro atoms. The van der Waals surface area contributed by atoms with Crippen LogP contribution in [0.4, 0.5) is 0 Å². The van der Waals surface area contributed by atoms with E-state index in [1.807, 2.05) is 0 Å². The maximum absolute atomic E-state index is 12.9. The second kappa shape index (κ2) is 11.6. The van der Waals surface area contributed by atoms with Crippen LogP contribution in [0.15, 0.2) is 36.4 Å². The first kappa shape index (κ1) is 26.4. The number of carboxylic acid groups (broad SMARTS) is 1. The Bertz CT molecular complexity index is 1230. The Hall–Kier alpha value is -3.71. The van der Waals surface area contributed by atoms with Gasteiger partial charge in [-0.15, -0.1) is 0 Å². The first-order valence-corrected chi connectivity index (χ1v) is 11.6. The van der Waals surface area contributed by atoms with Crippen molar-refractivity contribution in [1.29, 1.82) is 0 Å². The summed E-state index contributed by atoms with van der Waals surface area (Å²) in [7, 11) is -2.24. The summed E-state index contributed by atoms with van der Waals surface area (Å²) in [4.78, 5) is 48.8. The normalized spacial score (nSPS) is 14.5. The van der Waals surface area contributed by atoms with Crippen LogP contribution in [-0.2, 0) is 32.1 Å². The molecule has 0 saturated heterocycles. The van der Waals surface area contributed by atoms with Gasteiger partial charge in [-0.05, 0) is 46.3 Å². The Morgan fingerprint density at radius 3 is 2.00 bits per heavy atom. The summed E-state index contributed by atoms with van der Waals surface area (Å²) in [5, 5.41) is 36.4. The van der Waals surface area contributed by atoms with Crippen molar-refractivity contribution in [3.8, 4) is 0 Å². The Labute approximate surface area is 212 Å². The largest absolute Gasteiger partial charge is 0.491 e. The van der Waals surface area contributed by atoms with Gasteiger partial charge in [0.2, 0.25) is 5.91 Å². The SMILES string of the molecule is O=C(O)CCNC(=O)C[C@H](CNC(=O)c1ccc2c(c1)B(O)OC2)NC(=O)c1ccc2c(c1)B(O)OC2. The molecule has 4 rings (SSSR count). The molecule has 0 saturated carbocycles. The number of carbonyl (C=O) groups excluding carboxylic acids is 3. The number of fused-ring (bicyclic) bond motifs is 2. The van der Waals surface area contributed by atoms with Gasteiger partial charge in [0, 0.05) is 30.6 Å². The molecule has 37 heavy (non-hydrogen) atoms. The molecule has 0 aliphatic carbocycles. The average Bonchev–Trinajstić information content (AvgIpc) is 3.43. The molecule has 192 valence electrons. The van der Waals surface area contributed by atoms with Gasteiger partial charge in [-0.25, -0.2) is 0 Å². The van der Waals surface area contributed by atoms with E-state index in [4.69, 9.17) is 14.4 Å². The third kappa shape index (κ3) is 6.54. The summed E-state index contributed by atoms with van der Waals surface area (Å²) in [6.07, 6.45) is -0.480. The highest BCUT2D eigenvalue weighted by Gasteiger charge is 2.29. The third-order valence-electron chi connectivity index (χ3n) is 6.08. The minimum atomic E-state index is -1.13. The first-order chi connectivity index (χ1) is 17.7. The minimum Gasteiger partial charge on any atom is -0.481 e. The molecule has 14 heteroatoms. The molecule has 2 aliphatic rings. The number of rotatable bonds is 10. The number of carboxylic acids is 1. The van der Waals surface area contributed by atoms with Crippen molar-refractivity contribution in [2.45, 2.75) is 32.1 Å². The summed E-state index contributed by atoms with van der Waals surface area (Å²) >= 11 is 0. The highest BCUT2D eigenvalue weighted by Crippen LogP contribution is 2.13. The van der Waals surface area contributed by atoms with Crippen LogP contribution in [0.5, 0.6) is 0 Å². The second-order valence-corrected chi connectivity index (χ2v) is 8.73. The first-order valence-electron chi connectivity index (χ1n) is 11.6. The van der Waals surface area contributed by atoms with Crippen LogP contribution in [0.2, 0.25) is 0 Å². The molecule has 0 unspecified atom stereocenters. The van der Waals surface area contributed by atoms with Gasteiger partial charge in [-0.1, -0.05) is 12.1 Å². The van der Waals surface area contributed by atoms with E-state index in [9.17, 15) is 29.2 Å². The lowest BCUT2D eigenvalue weighted by atomic mass is 9.78. The fourth-order valence-electron chi connectivity index (χ4n) is 4.08. The number of carbonyl (C=O) groups is 4. The summed E-state index contributed by atoms with van der Waals surface area (Å²) < 4.78 is 10.3. The summed E-state index contributed by atoms with van der Waals surface area (Å²) in [5.41, 5.74) is 3.02. The van der Waals surface area contributed by atoms with Crippen LogP contribution in [0.25, 0.3) is 0 Å². The van der Waals surface area contributed by atoms with Crippen LogP contribution in [-0.4, -0.2) is 72.2 Å². The average molecular weight is 509 g/mol. The van der Waals surface area contributed by atoms with Crippen molar-refractivity contribution in [2.24, 2.45) is 0 Å². The number of aliphatic carboxylic acids is 1. The Morgan fingerprint density at radius 1 is 0.865 bits per heavy atom. The molecule has 0 aromatic heterocycles. The van der Waals surface area contributed by atoms with Crippen LogP contribution >= 0.6 is 0 Å². The van der Waals surface area contributed by atoms with Crippen LogP contribution in [0.1, 0.15) is 44.7 Å². The fourth-order valence-corrected chi connectivity index (χ4v) is 4.08. The smallest absolute Gasteiger partial charge is 0.481 e. The molecule has 2 aromatic carbocycles. The summed E-state index contributed by atoms with van der Waals surface area (Å²) in [6, 6.07) is 8.69. The second-order valence-electron chi connectivity index (χ2n) is 8.73. The van der Waals surface area contributed by atoms with Crippen molar-refractivity contribution in [3.63, 3.8) is 0 Å². The molecule has 6 N–H and O–H groups in total. The predicted molar refractivity (Wildman–Crippen MR) is 131 cm³/mol. The van der Waals surface area contributed by atoms with Gasteiger partial charge in [0.25, 0.3) is 11.8 Å². The van der Waals surface area contributed by atoms with Gasteiger partial charge in [0.15, 0.2) is 0 Å². The highest BCUT2D eigenvalue weighted by molar-refractivity contribution is 6.62. The lowest BCUT2D eigenvalue weighted by molar-refractivity contribution is -0.136. The number of hydrogen-bond donors (Lipinski definition) is 6. The van der Waals surface area contributed by atoms with E-state index in [-0.39, 0.29) is 50.3 Å². The van der Waals surface area contributed by atoms with Gasteiger partial charge in [-0.3, -0.25) is 19.2 Å². The van der Waals surface area contributed by atoms with E-state index in [0.717, 1.165) is 11.1 Å². The summed E-state index contributed by atoms with van der Waals surface area (Å²) in [6.45, 7) is 0.290. The lowest BCUT2D eigenvalue weighted by Crippen LogP contribution is -2.46. The number of benzene rings is 2. The topological polar surface area (TPSA) is 184 Å². The van der Waals surface area contributed by atoms with Crippen LogP contribution in [0.3, 0.4) is 0 Å². The number of amides is 3. The fraction of sp³-hybridized carbons (Fsp3) is 0.304. The van der Waals surface area contributed by atoms with Gasteiger partial charge >= 0.3 is 20.2 Å². The van der Waals surface area contributed by atoms with Crippen molar-refractivity contribution in [2.75, 3.05) is 13.1 Å². The molecule has 2 aromatic rings. The minimum absolute atomic E-state index is 0.0799. The van der Waals surface area contributed by atoms with E-state index in [1.165, 1.54) is 12.1 Å². The summed E-state index contributed by atoms with van der Waals surface area (Å²) in [5.74, 6) is -2.58. The lowest BCUT2D eigenvalue weighted by Gasteiger charge is -2.20. The molecular weight excluding hydrogens is 484 g/mol. The molecular formula is C23H25B2N3O9. The molecule has 2 heterocycles. The van der Waals surface area contributed by atoms with E-state index in [2.05, 4.69) is 16.0 Å². The molecule has 2 aliphatic heterocycles. The molecule has 0 radical (unpaired) electrons. The molecule has 3 amide bonds. The van der Waals surface area contributed by atoms with Gasteiger partial charge in [0.05, 0.1) is 25.7 Å². The van der Waals surface area contributed by atoms with Crippen molar-refractivity contribution in [1.82, 2.24) is 16.0 Å². The quantitative estimate of drug-likeness (QED) is 0.191. The van der Waals surface area contributed by atoms with E-state index < -0.39 is 44.0 Å². The zero-order valence-corrected chi connectivity index (χ0v) is 19.7. The van der Waals surface area contributed by atoms with Gasteiger partial charge in [0.1, 0.15) is 0 Å². The van der Waals surface area contributed by atoms with Crippen molar-refractivity contribution >= 4 is 48.9 Å². The monoisotopic (exact) mass is 509 g/mol. The predicted octanol–water partition coefficient (Wildman–Crippen LogP) is -2.37. The molecule has 12 nitrogen and oxygen atoms in total. The van der Waals surface area contributed by atoms with E-state index >= 15 is 0 Å². The highest BCUT2D eigenvalue weighted by atomic mass is 16.5. The number of hydrogen-bond acceptors (Lipinski definition) is 8. The van der Waals surface area contributed by atoms with Crippen LogP contribution in [0, 0.1) is 0 Å². The molecule has 1 atom stereocenters. The standard InChI is InChI=1S/C23H25B2N3O9/c29-20(26-6-5-21(30)31)9-17(28-23(33)14-2-4-16-12-37-25(35)19(16)8-14)10-27-22(32)13-1-3-15-11-36-24(34)18(15)7-13/h1-4,7-8,17,34-35H,5-6,9-12H2,(H,26,29)(H,27,32)(H,28,33)(H,30,31)/t17-/m1/s1. The third-order valence-corrected chi connectivity index (χ3v) is 6.08. The van der Waals surface area contributed by atoms with Crippen LogP contribution < -0.4 is 26.9 Å². The van der Waals surface area contributed by atoms with E-state index in [1.54, 1.807) is 24.3 Å². The van der Waals surface area contributed by atoms with Crippen molar-refractivity contribution in [3.05, 3.63) is 58.7 Å². The van der Waals surface area contributed by atoms with E-state index in [0.29, 0.717) is 10.9 Å². The van der Waals surface area contributed by atoms with Gasteiger partial charge in [-0.2, -0.15) is 0 Å². The maximum atomic E-state index is 12.9. The Kier molecular flexibility index (Phi) is 8.24. The molecule has 0 bridgehead atoms. The van der Waals surface area contributed by atoms with Crippen molar-refractivity contribution < 1.29 is 43.6 Å². The zero-order chi connectivity index (χ0) is 26.5. The Morgan fingerprint density at radius 2 is 1.43 bits per heavy atom.